The Morgan fingerprint density at radius 2 is 1.95 bits per heavy atom. The Kier molecular flexibility index (Phi) is 2.88. The van der Waals surface area contributed by atoms with Crippen LogP contribution in [0.3, 0.4) is 0 Å². The number of nitrogens with two attached hydrogens (primary N) is 1. The Morgan fingerprint density at radius 1 is 1.16 bits per heavy atom. The zero-order valence-corrected chi connectivity index (χ0v) is 11.6. The number of halogens is 2. The third-order valence-corrected chi connectivity index (χ3v) is 3.57. The van der Waals surface area contributed by atoms with Crippen LogP contribution < -0.4 is 5.73 Å². The number of benzene rings is 2. The summed E-state index contributed by atoms with van der Waals surface area (Å²) >= 11 is 12.1. The average molecular weight is 293 g/mol. The van der Waals surface area contributed by atoms with Gasteiger partial charge in [-0.1, -0.05) is 35.3 Å². The van der Waals surface area contributed by atoms with Gasteiger partial charge in [-0.15, -0.1) is 0 Å². The minimum atomic E-state index is 0.418. The van der Waals surface area contributed by atoms with E-state index in [1.165, 1.54) is 0 Å². The van der Waals surface area contributed by atoms with Crippen LogP contribution in [0, 0.1) is 6.92 Å². The molecule has 3 aromatic rings. The standard InChI is InChI=1S/C14H10Cl2N2O/c1-7-3-2-4-12-13(7)19-14(18-12)8-5-11(17)10(16)6-9(8)15/h2-6H,17H2,1H3. The summed E-state index contributed by atoms with van der Waals surface area (Å²) in [6.45, 7) is 1.97. The van der Waals surface area contributed by atoms with Gasteiger partial charge in [0.25, 0.3) is 0 Å². The maximum Gasteiger partial charge on any atom is 0.228 e. The number of nitrogens with zero attached hydrogens (tertiary/aromatic N) is 1. The molecule has 3 rings (SSSR count). The second-order valence-corrected chi connectivity index (χ2v) is 5.11. The molecule has 19 heavy (non-hydrogen) atoms. The summed E-state index contributed by atoms with van der Waals surface area (Å²) in [7, 11) is 0. The molecule has 0 saturated carbocycles. The fraction of sp³-hybridized carbons (Fsp3) is 0.0714. The molecule has 0 unspecified atom stereocenters. The summed E-state index contributed by atoms with van der Waals surface area (Å²) in [5, 5.41) is 0.879. The predicted octanol–water partition coefficient (Wildman–Crippen LogP) is 4.69. The molecule has 2 N–H and O–H groups in total. The molecule has 0 aliphatic rings. The Morgan fingerprint density at radius 3 is 2.68 bits per heavy atom. The maximum absolute atomic E-state index is 6.16. The van der Waals surface area contributed by atoms with E-state index >= 15 is 0 Å². The van der Waals surface area contributed by atoms with Gasteiger partial charge in [0.1, 0.15) is 5.52 Å². The molecule has 0 saturated heterocycles. The van der Waals surface area contributed by atoms with Crippen molar-refractivity contribution >= 4 is 40.0 Å². The van der Waals surface area contributed by atoms with E-state index < -0.39 is 0 Å². The Bertz CT molecular complexity index is 780. The van der Waals surface area contributed by atoms with Crippen LogP contribution in [-0.2, 0) is 0 Å². The monoisotopic (exact) mass is 292 g/mol. The van der Waals surface area contributed by atoms with Crippen LogP contribution in [0.15, 0.2) is 34.7 Å². The maximum atomic E-state index is 6.16. The largest absolute Gasteiger partial charge is 0.436 e. The third kappa shape index (κ3) is 2.05. The molecule has 0 amide bonds. The summed E-state index contributed by atoms with van der Waals surface area (Å²) in [5.41, 5.74) is 9.44. The van der Waals surface area contributed by atoms with Crippen molar-refractivity contribution in [2.45, 2.75) is 6.92 Å². The highest BCUT2D eigenvalue weighted by Gasteiger charge is 2.14. The molecule has 3 nitrogen and oxygen atoms in total. The van der Waals surface area contributed by atoms with Crippen LogP contribution in [0.4, 0.5) is 5.69 Å². The summed E-state index contributed by atoms with van der Waals surface area (Å²) < 4.78 is 5.77. The van der Waals surface area contributed by atoms with Crippen molar-refractivity contribution in [1.82, 2.24) is 4.98 Å². The first kappa shape index (κ1) is 12.3. The van der Waals surface area contributed by atoms with E-state index in [9.17, 15) is 0 Å². The molecule has 0 aliphatic carbocycles. The van der Waals surface area contributed by atoms with E-state index in [1.807, 2.05) is 25.1 Å². The number of aromatic nitrogens is 1. The lowest BCUT2D eigenvalue weighted by Crippen LogP contribution is -1.88. The van der Waals surface area contributed by atoms with Crippen molar-refractivity contribution in [1.29, 1.82) is 0 Å². The minimum absolute atomic E-state index is 0.418. The van der Waals surface area contributed by atoms with Gasteiger partial charge in [-0.3, -0.25) is 0 Å². The van der Waals surface area contributed by atoms with Gasteiger partial charge in [0.15, 0.2) is 5.58 Å². The number of anilines is 1. The molecule has 2 aromatic carbocycles. The Balaban J connectivity index is 2.25. The SMILES string of the molecule is Cc1cccc2nc(-c3cc(N)c(Cl)cc3Cl)oc12. The van der Waals surface area contributed by atoms with Crippen molar-refractivity contribution in [3.05, 3.63) is 45.9 Å². The highest BCUT2D eigenvalue weighted by atomic mass is 35.5. The second-order valence-electron chi connectivity index (χ2n) is 4.30. The quantitative estimate of drug-likeness (QED) is 0.662. The van der Waals surface area contributed by atoms with Crippen LogP contribution in [-0.4, -0.2) is 4.98 Å². The highest BCUT2D eigenvalue weighted by molar-refractivity contribution is 6.37. The molecule has 5 heteroatoms. The molecule has 0 atom stereocenters. The second kappa shape index (κ2) is 4.44. The number of hydrogen-bond donors (Lipinski definition) is 1. The molecular weight excluding hydrogens is 283 g/mol. The number of fused-ring (bicyclic) bond motifs is 1. The molecule has 0 spiro atoms. The van der Waals surface area contributed by atoms with Gasteiger partial charge in [0.05, 0.1) is 21.3 Å². The zero-order chi connectivity index (χ0) is 13.6. The summed E-state index contributed by atoms with van der Waals surface area (Å²) in [6, 6.07) is 9.06. The Labute approximate surface area is 119 Å². The van der Waals surface area contributed by atoms with E-state index in [4.69, 9.17) is 33.4 Å². The fourth-order valence-corrected chi connectivity index (χ4v) is 2.40. The number of oxazole rings is 1. The number of nitrogen functional groups attached to an aromatic ring is 1. The molecule has 0 radical (unpaired) electrons. The lowest BCUT2D eigenvalue weighted by Gasteiger charge is -2.03. The van der Waals surface area contributed by atoms with Crippen LogP contribution in [0.5, 0.6) is 0 Å². The predicted molar refractivity (Wildman–Crippen MR) is 78.6 cm³/mol. The van der Waals surface area contributed by atoms with Crippen molar-refractivity contribution in [3.8, 4) is 11.5 Å². The molecule has 96 valence electrons. The van der Waals surface area contributed by atoms with Crippen LogP contribution in [0.2, 0.25) is 10.0 Å². The first-order valence-electron chi connectivity index (χ1n) is 5.67. The number of aryl methyl sites for hydroxylation is 1. The van der Waals surface area contributed by atoms with Gasteiger partial charge in [-0.2, -0.15) is 0 Å². The van der Waals surface area contributed by atoms with Crippen molar-refractivity contribution in [2.24, 2.45) is 0 Å². The zero-order valence-electron chi connectivity index (χ0n) is 10.1. The molecule has 1 aromatic heterocycles. The lowest BCUT2D eigenvalue weighted by atomic mass is 10.2. The number of rotatable bonds is 1. The van der Waals surface area contributed by atoms with Crippen molar-refractivity contribution < 1.29 is 4.42 Å². The average Bonchev–Trinajstić information content (AvgIpc) is 2.79. The normalized spacial score (nSPS) is 11.1. The van der Waals surface area contributed by atoms with E-state index in [-0.39, 0.29) is 0 Å². The van der Waals surface area contributed by atoms with Gasteiger partial charge in [0.2, 0.25) is 5.89 Å². The Hall–Kier alpha value is -1.71. The molecule has 0 fully saturated rings. The number of hydrogen-bond acceptors (Lipinski definition) is 3. The summed E-state index contributed by atoms with van der Waals surface area (Å²) in [6.07, 6.45) is 0. The van der Waals surface area contributed by atoms with Crippen molar-refractivity contribution in [2.75, 3.05) is 5.73 Å². The van der Waals surface area contributed by atoms with Crippen LogP contribution in [0.25, 0.3) is 22.6 Å². The summed E-state index contributed by atoms with van der Waals surface area (Å²) in [5.74, 6) is 0.442. The summed E-state index contributed by atoms with van der Waals surface area (Å²) in [4.78, 5) is 4.43. The molecular formula is C14H10Cl2N2O. The molecule has 0 aliphatic heterocycles. The van der Waals surface area contributed by atoms with Crippen molar-refractivity contribution in [3.63, 3.8) is 0 Å². The fourth-order valence-electron chi connectivity index (χ4n) is 1.93. The third-order valence-electron chi connectivity index (χ3n) is 2.93. The van der Waals surface area contributed by atoms with E-state index in [0.29, 0.717) is 27.2 Å². The van der Waals surface area contributed by atoms with Gasteiger partial charge < -0.3 is 10.2 Å². The van der Waals surface area contributed by atoms with E-state index in [0.717, 1.165) is 16.7 Å². The topological polar surface area (TPSA) is 52.0 Å². The van der Waals surface area contributed by atoms with Gasteiger partial charge >= 0.3 is 0 Å². The van der Waals surface area contributed by atoms with Gasteiger partial charge in [-0.05, 0) is 30.7 Å². The van der Waals surface area contributed by atoms with E-state index in [1.54, 1.807) is 12.1 Å². The first-order valence-corrected chi connectivity index (χ1v) is 6.43. The highest BCUT2D eigenvalue weighted by Crippen LogP contribution is 2.35. The smallest absolute Gasteiger partial charge is 0.228 e. The number of para-hydroxylation sites is 1. The minimum Gasteiger partial charge on any atom is -0.436 e. The van der Waals surface area contributed by atoms with E-state index in [2.05, 4.69) is 4.98 Å². The van der Waals surface area contributed by atoms with Crippen LogP contribution in [0.1, 0.15) is 5.56 Å². The van der Waals surface area contributed by atoms with Crippen LogP contribution >= 0.6 is 23.2 Å². The lowest BCUT2D eigenvalue weighted by molar-refractivity contribution is 0.617. The molecule has 0 bridgehead atoms. The molecule has 1 heterocycles. The van der Waals surface area contributed by atoms with Gasteiger partial charge in [0, 0.05) is 0 Å². The first-order chi connectivity index (χ1) is 9.06. The van der Waals surface area contributed by atoms with Gasteiger partial charge in [-0.25, -0.2) is 4.98 Å².